The molecule has 6 nitrogen and oxygen atoms in total. The molecule has 1 aromatic heterocycles. The Balaban J connectivity index is 1.67. The molecule has 1 amide bonds. The summed E-state index contributed by atoms with van der Waals surface area (Å²) in [6.07, 6.45) is 2.33. The average molecular weight is 361 g/mol. The lowest BCUT2D eigenvalue weighted by Crippen LogP contribution is -2.46. The number of piperidine rings is 1. The van der Waals surface area contributed by atoms with Gasteiger partial charge in [-0.2, -0.15) is 4.98 Å². The maximum absolute atomic E-state index is 13.8. The van der Waals surface area contributed by atoms with Crippen LogP contribution in [0.5, 0.6) is 0 Å². The molecule has 1 saturated heterocycles. The summed E-state index contributed by atoms with van der Waals surface area (Å²) in [6, 6.07) is 6.41. The van der Waals surface area contributed by atoms with Crippen molar-refractivity contribution in [3.63, 3.8) is 0 Å². The van der Waals surface area contributed by atoms with Crippen LogP contribution in [0.25, 0.3) is 0 Å². The zero-order valence-corrected chi connectivity index (χ0v) is 15.2. The number of hydrogen-bond acceptors (Lipinski definition) is 5. The van der Waals surface area contributed by atoms with E-state index in [1.807, 2.05) is 0 Å². The van der Waals surface area contributed by atoms with Crippen LogP contribution in [0.15, 0.2) is 28.8 Å². The van der Waals surface area contributed by atoms with Crippen LogP contribution in [0.1, 0.15) is 36.5 Å². The Hall–Kier alpha value is -2.28. The third-order valence-electron chi connectivity index (χ3n) is 5.16. The van der Waals surface area contributed by atoms with E-state index in [2.05, 4.69) is 10.1 Å². The maximum atomic E-state index is 13.8. The molecule has 1 fully saturated rings. The fraction of sp³-hybridized carbons (Fsp3) is 0.526. The van der Waals surface area contributed by atoms with Crippen molar-refractivity contribution in [3.05, 3.63) is 47.4 Å². The minimum Gasteiger partial charge on any atom is -0.385 e. The molecule has 2 aromatic rings. The van der Waals surface area contributed by atoms with Crippen molar-refractivity contribution < 1.29 is 18.4 Å². The van der Waals surface area contributed by atoms with E-state index < -0.39 is 0 Å². The number of rotatable bonds is 6. The number of amides is 1. The normalized spacial score (nSPS) is 16.7. The summed E-state index contributed by atoms with van der Waals surface area (Å²) in [6.45, 7) is 3.54. The van der Waals surface area contributed by atoms with Gasteiger partial charge in [0.15, 0.2) is 5.82 Å². The SMILES string of the molecule is COCCC1(c2noc(C)n2)CCN(C(=O)Cc2ccccc2F)CC1. The first-order valence-corrected chi connectivity index (χ1v) is 8.85. The lowest BCUT2D eigenvalue weighted by Gasteiger charge is -2.39. The maximum Gasteiger partial charge on any atom is 0.227 e. The number of aromatic nitrogens is 2. The molecule has 2 heterocycles. The van der Waals surface area contributed by atoms with Crippen LogP contribution in [-0.4, -0.2) is 47.8 Å². The van der Waals surface area contributed by atoms with Crippen molar-refractivity contribution in [1.29, 1.82) is 0 Å². The number of carbonyl (C=O) groups excluding carboxylic acids is 1. The zero-order chi connectivity index (χ0) is 18.6. The smallest absolute Gasteiger partial charge is 0.227 e. The monoisotopic (exact) mass is 361 g/mol. The predicted octanol–water partition coefficient (Wildman–Crippen LogP) is 2.66. The minimum atomic E-state index is -0.338. The van der Waals surface area contributed by atoms with E-state index in [-0.39, 0.29) is 23.6 Å². The van der Waals surface area contributed by atoms with Crippen molar-refractivity contribution in [2.45, 2.75) is 38.0 Å². The van der Waals surface area contributed by atoms with Gasteiger partial charge in [0.2, 0.25) is 11.8 Å². The Bertz CT molecular complexity index is 754. The molecule has 0 unspecified atom stereocenters. The molecule has 1 aliphatic heterocycles. The van der Waals surface area contributed by atoms with Crippen LogP contribution in [-0.2, 0) is 21.4 Å². The van der Waals surface area contributed by atoms with Gasteiger partial charge in [0, 0.05) is 39.1 Å². The first-order chi connectivity index (χ1) is 12.5. The van der Waals surface area contributed by atoms with Gasteiger partial charge in [0.05, 0.1) is 6.42 Å². The highest BCUT2D eigenvalue weighted by Crippen LogP contribution is 2.37. The van der Waals surface area contributed by atoms with Crippen LogP contribution in [0.3, 0.4) is 0 Å². The Morgan fingerprint density at radius 3 is 2.69 bits per heavy atom. The molecule has 0 N–H and O–H groups in total. The van der Waals surface area contributed by atoms with Crippen molar-refractivity contribution in [3.8, 4) is 0 Å². The molecule has 0 aliphatic carbocycles. The first-order valence-electron chi connectivity index (χ1n) is 8.85. The number of likely N-dealkylation sites (tertiary alicyclic amines) is 1. The fourth-order valence-electron chi connectivity index (χ4n) is 3.50. The van der Waals surface area contributed by atoms with Gasteiger partial charge in [-0.1, -0.05) is 23.4 Å². The van der Waals surface area contributed by atoms with Crippen LogP contribution in [0.4, 0.5) is 4.39 Å². The highest BCUT2D eigenvalue weighted by molar-refractivity contribution is 5.79. The molecule has 26 heavy (non-hydrogen) atoms. The number of nitrogens with zero attached hydrogens (tertiary/aromatic N) is 3. The van der Waals surface area contributed by atoms with E-state index in [1.54, 1.807) is 37.1 Å². The molecule has 1 aliphatic rings. The summed E-state index contributed by atoms with van der Waals surface area (Å²) in [5.74, 6) is 0.831. The lowest BCUT2D eigenvalue weighted by atomic mass is 9.75. The van der Waals surface area contributed by atoms with Gasteiger partial charge < -0.3 is 14.2 Å². The number of benzene rings is 1. The van der Waals surface area contributed by atoms with Crippen LogP contribution < -0.4 is 0 Å². The van der Waals surface area contributed by atoms with Crippen LogP contribution in [0, 0.1) is 12.7 Å². The van der Waals surface area contributed by atoms with Gasteiger partial charge in [-0.3, -0.25) is 4.79 Å². The number of carbonyl (C=O) groups is 1. The molecular weight excluding hydrogens is 337 g/mol. The first kappa shape index (κ1) is 18.5. The Morgan fingerprint density at radius 2 is 2.08 bits per heavy atom. The molecule has 140 valence electrons. The summed E-state index contributed by atoms with van der Waals surface area (Å²) < 4.78 is 24.2. The molecule has 0 atom stereocenters. The van der Waals surface area contributed by atoms with E-state index in [0.29, 0.717) is 37.0 Å². The Kier molecular flexibility index (Phi) is 5.66. The average Bonchev–Trinajstić information content (AvgIpc) is 3.09. The topological polar surface area (TPSA) is 68.5 Å². The highest BCUT2D eigenvalue weighted by atomic mass is 19.1. The van der Waals surface area contributed by atoms with E-state index >= 15 is 0 Å². The number of ether oxygens (including phenoxy) is 1. The molecule has 0 saturated carbocycles. The number of hydrogen-bond donors (Lipinski definition) is 0. The lowest BCUT2D eigenvalue weighted by molar-refractivity contribution is -0.132. The van der Waals surface area contributed by atoms with Crippen molar-refractivity contribution in [2.75, 3.05) is 26.8 Å². The second kappa shape index (κ2) is 7.95. The molecule has 1 aromatic carbocycles. The third-order valence-corrected chi connectivity index (χ3v) is 5.16. The number of aryl methyl sites for hydroxylation is 1. The van der Waals surface area contributed by atoms with E-state index in [1.165, 1.54) is 6.07 Å². The molecular formula is C19H24FN3O3. The molecule has 0 radical (unpaired) electrons. The van der Waals surface area contributed by atoms with Crippen molar-refractivity contribution in [1.82, 2.24) is 15.0 Å². The molecule has 0 spiro atoms. The summed E-state index contributed by atoms with van der Waals surface area (Å²) in [4.78, 5) is 18.8. The molecule has 0 bridgehead atoms. The Morgan fingerprint density at radius 1 is 1.35 bits per heavy atom. The second-order valence-electron chi connectivity index (χ2n) is 6.81. The summed E-state index contributed by atoms with van der Waals surface area (Å²) >= 11 is 0. The Labute approximate surface area is 152 Å². The third kappa shape index (κ3) is 3.93. The van der Waals surface area contributed by atoms with E-state index in [4.69, 9.17) is 9.26 Å². The van der Waals surface area contributed by atoms with Crippen molar-refractivity contribution in [2.24, 2.45) is 0 Å². The van der Waals surface area contributed by atoms with Crippen LogP contribution >= 0.6 is 0 Å². The summed E-state index contributed by atoms with van der Waals surface area (Å²) in [5.41, 5.74) is 0.185. The largest absolute Gasteiger partial charge is 0.385 e. The fourth-order valence-corrected chi connectivity index (χ4v) is 3.50. The quantitative estimate of drug-likeness (QED) is 0.791. The number of halogens is 1. The van der Waals surface area contributed by atoms with Gasteiger partial charge in [-0.25, -0.2) is 4.39 Å². The van der Waals surface area contributed by atoms with Crippen molar-refractivity contribution >= 4 is 5.91 Å². The minimum absolute atomic E-state index is 0.0558. The van der Waals surface area contributed by atoms with Gasteiger partial charge in [0.25, 0.3) is 0 Å². The summed E-state index contributed by atoms with van der Waals surface area (Å²) in [5, 5.41) is 4.12. The highest BCUT2D eigenvalue weighted by Gasteiger charge is 2.40. The summed E-state index contributed by atoms with van der Waals surface area (Å²) in [7, 11) is 1.67. The molecule has 3 rings (SSSR count). The van der Waals surface area contributed by atoms with Gasteiger partial charge in [-0.05, 0) is 30.9 Å². The zero-order valence-electron chi connectivity index (χ0n) is 15.2. The van der Waals surface area contributed by atoms with Gasteiger partial charge in [0.1, 0.15) is 5.82 Å². The molecule has 7 heteroatoms. The number of methoxy groups -OCH3 is 1. The second-order valence-corrected chi connectivity index (χ2v) is 6.81. The van der Waals surface area contributed by atoms with Gasteiger partial charge in [-0.15, -0.1) is 0 Å². The van der Waals surface area contributed by atoms with Gasteiger partial charge >= 0.3 is 0 Å². The van der Waals surface area contributed by atoms with E-state index in [0.717, 1.165) is 19.3 Å². The van der Waals surface area contributed by atoms with Crippen LogP contribution in [0.2, 0.25) is 0 Å². The van der Waals surface area contributed by atoms with E-state index in [9.17, 15) is 9.18 Å². The standard InChI is InChI=1S/C19H24FN3O3/c1-14-21-18(22-26-14)19(9-12-25-2)7-10-23(11-8-19)17(24)13-15-5-3-4-6-16(15)20/h3-6H,7-13H2,1-2H3. The predicted molar refractivity (Wildman–Crippen MR) is 93.1 cm³/mol.